The highest BCUT2D eigenvalue weighted by Gasteiger charge is 2.79. The lowest BCUT2D eigenvalue weighted by Crippen LogP contribution is -2.73. The van der Waals surface area contributed by atoms with Crippen molar-refractivity contribution in [1.82, 2.24) is 0 Å². The molecule has 27 atom stereocenters. The summed E-state index contributed by atoms with van der Waals surface area (Å²) in [6, 6.07) is 0. The van der Waals surface area contributed by atoms with Crippen LogP contribution in [0.4, 0.5) is 0 Å². The summed E-state index contributed by atoms with van der Waals surface area (Å²) in [5, 5.41) is 131. The minimum Gasteiger partial charge on any atom is -0.396 e. The topological polar surface area (TPSA) is 307 Å². The molecule has 4 aliphatic heterocycles. The van der Waals surface area contributed by atoms with E-state index in [1.807, 2.05) is 6.92 Å². The van der Waals surface area contributed by atoms with Crippen LogP contribution in [-0.2, 0) is 33.2 Å². The Kier molecular flexibility index (Phi) is 13.4. The standard InChI is InChI=1S/C48H78O19/c1-22-30(54)37(66-39-35(59)33(57)31(55)23(17-49)63-39)38(67-40-36(60)34(58)32(56)24(18-50)64-40)41(62-22)65-29-9-10-43(3)25(44(29,4)20-52)7-11-45(5)26(43)8-12-48-27-15-42(2,19-51)13-14-47(27,21-61-48)28(53)16-46(45,48)6/h8,12,22-41,49-60H,7,9-11,13-21H2,1-6H3. The molecular weight excluding hydrogens is 881 g/mol. The lowest BCUT2D eigenvalue weighted by Gasteiger charge is -2.73. The lowest BCUT2D eigenvalue weighted by molar-refractivity contribution is -0.398. The normalized spacial score (nSPS) is 59.5. The molecule has 19 nitrogen and oxygen atoms in total. The molecule has 0 aromatic heterocycles. The Bertz CT molecular complexity index is 1820. The summed E-state index contributed by atoms with van der Waals surface area (Å²) >= 11 is 0. The first-order valence-electron chi connectivity index (χ1n) is 24.6. The van der Waals surface area contributed by atoms with Gasteiger partial charge in [-0.25, -0.2) is 0 Å². The van der Waals surface area contributed by atoms with E-state index in [4.69, 9.17) is 33.2 Å². The van der Waals surface area contributed by atoms with E-state index in [9.17, 15) is 61.3 Å². The fourth-order valence-electron chi connectivity index (χ4n) is 15.8. The number of hydrogen-bond acceptors (Lipinski definition) is 19. The SMILES string of the molecule is CC1OC(OC2CCC3(C)C(CCC4(C)C3C=CC35OCC6(CCC(C)(CO)CC63)C(O)CC45C)C2(C)CO)C(OC2OC(CO)C(O)C(O)C2O)C(OC2OC(CO)C(O)C(O)C2O)C1O. The van der Waals surface area contributed by atoms with Gasteiger partial charge in [0.2, 0.25) is 0 Å². The fourth-order valence-corrected chi connectivity index (χ4v) is 15.8. The van der Waals surface area contributed by atoms with Crippen molar-refractivity contribution in [2.75, 3.05) is 33.0 Å². The zero-order chi connectivity index (χ0) is 48.6. The van der Waals surface area contributed by atoms with Crippen LogP contribution in [-0.4, -0.2) is 204 Å². The Labute approximate surface area is 391 Å². The van der Waals surface area contributed by atoms with Crippen LogP contribution in [0.1, 0.15) is 92.9 Å². The third kappa shape index (κ3) is 7.22. The molecule has 19 heteroatoms. The van der Waals surface area contributed by atoms with Gasteiger partial charge in [-0.05, 0) is 86.4 Å². The Balaban J connectivity index is 1.03. The van der Waals surface area contributed by atoms with Gasteiger partial charge in [0.15, 0.2) is 18.9 Å². The molecule has 4 saturated heterocycles. The number of aliphatic hydroxyl groups is 12. The molecule has 12 N–H and O–H groups in total. The second-order valence-electron chi connectivity index (χ2n) is 23.6. The van der Waals surface area contributed by atoms with Gasteiger partial charge in [0.1, 0.15) is 67.1 Å². The van der Waals surface area contributed by atoms with Crippen LogP contribution >= 0.6 is 0 Å². The lowest BCUT2D eigenvalue weighted by atomic mass is 9.32. The van der Waals surface area contributed by atoms with Crippen molar-refractivity contribution < 1.29 is 94.4 Å². The Morgan fingerprint density at radius 3 is 1.79 bits per heavy atom. The molecule has 5 aliphatic carbocycles. The summed E-state index contributed by atoms with van der Waals surface area (Å²) < 4.78 is 44.3. The third-order valence-corrected chi connectivity index (χ3v) is 20.3. The monoisotopic (exact) mass is 959 g/mol. The molecule has 4 heterocycles. The van der Waals surface area contributed by atoms with Crippen LogP contribution in [0.2, 0.25) is 0 Å². The van der Waals surface area contributed by atoms with E-state index in [1.54, 1.807) is 6.92 Å². The molecule has 9 aliphatic rings. The van der Waals surface area contributed by atoms with E-state index in [1.165, 1.54) is 0 Å². The van der Waals surface area contributed by atoms with Crippen molar-refractivity contribution in [3.63, 3.8) is 0 Å². The summed E-state index contributed by atoms with van der Waals surface area (Å²) in [5.41, 5.74) is -3.36. The number of allylic oxidation sites excluding steroid dienone is 1. The van der Waals surface area contributed by atoms with Crippen LogP contribution in [0.25, 0.3) is 0 Å². The van der Waals surface area contributed by atoms with Crippen LogP contribution in [0, 0.1) is 50.2 Å². The summed E-state index contributed by atoms with van der Waals surface area (Å²) in [6.45, 7) is 11.4. The average molecular weight is 959 g/mol. The van der Waals surface area contributed by atoms with E-state index >= 15 is 0 Å². The van der Waals surface area contributed by atoms with Gasteiger partial charge in [0.05, 0.1) is 50.3 Å². The maximum absolute atomic E-state index is 12.3. The molecule has 0 radical (unpaired) electrons. The molecule has 1 spiro atoms. The average Bonchev–Trinajstić information content (AvgIpc) is 3.58. The van der Waals surface area contributed by atoms with Crippen LogP contribution in [0.15, 0.2) is 12.2 Å². The summed E-state index contributed by atoms with van der Waals surface area (Å²) in [7, 11) is 0. The van der Waals surface area contributed by atoms with E-state index in [0.29, 0.717) is 32.3 Å². The van der Waals surface area contributed by atoms with Gasteiger partial charge in [-0.1, -0.05) is 46.8 Å². The molecule has 67 heavy (non-hydrogen) atoms. The molecule has 27 unspecified atom stereocenters. The summed E-state index contributed by atoms with van der Waals surface area (Å²) in [4.78, 5) is 0. The minimum atomic E-state index is -1.89. The number of aliphatic hydroxyl groups excluding tert-OH is 12. The van der Waals surface area contributed by atoms with E-state index in [0.717, 1.165) is 25.7 Å². The molecule has 0 aromatic rings. The predicted octanol–water partition coefficient (Wildman–Crippen LogP) is -1.43. The zero-order valence-electron chi connectivity index (χ0n) is 39.6. The van der Waals surface area contributed by atoms with Crippen LogP contribution < -0.4 is 0 Å². The zero-order valence-corrected chi connectivity index (χ0v) is 39.6. The Morgan fingerprint density at radius 1 is 0.597 bits per heavy atom. The van der Waals surface area contributed by atoms with Crippen molar-refractivity contribution in [3.05, 3.63) is 12.2 Å². The van der Waals surface area contributed by atoms with Crippen LogP contribution in [0.3, 0.4) is 0 Å². The number of rotatable bonds is 10. The molecule has 9 rings (SSSR count). The summed E-state index contributed by atoms with van der Waals surface area (Å²) in [6.07, 6.45) is -15.5. The quantitative estimate of drug-likeness (QED) is 0.0883. The molecule has 8 fully saturated rings. The Morgan fingerprint density at radius 2 is 1.21 bits per heavy atom. The number of fused-ring (bicyclic) bond motifs is 4. The highest BCUT2D eigenvalue weighted by atomic mass is 16.8. The first-order chi connectivity index (χ1) is 31.5. The second-order valence-corrected chi connectivity index (χ2v) is 23.6. The first kappa shape index (κ1) is 50.9. The van der Waals surface area contributed by atoms with Gasteiger partial charge in [-0.3, -0.25) is 0 Å². The smallest absolute Gasteiger partial charge is 0.187 e. The van der Waals surface area contributed by atoms with E-state index < -0.39 is 134 Å². The van der Waals surface area contributed by atoms with Gasteiger partial charge >= 0.3 is 0 Å². The van der Waals surface area contributed by atoms with Crippen molar-refractivity contribution >= 4 is 0 Å². The molecule has 384 valence electrons. The van der Waals surface area contributed by atoms with E-state index in [2.05, 4.69) is 39.8 Å². The second kappa shape index (κ2) is 17.6. The maximum atomic E-state index is 12.3. The first-order valence-corrected chi connectivity index (χ1v) is 24.6. The molecule has 4 saturated carbocycles. The van der Waals surface area contributed by atoms with Gasteiger partial charge in [-0.2, -0.15) is 0 Å². The third-order valence-electron chi connectivity index (χ3n) is 20.3. The van der Waals surface area contributed by atoms with Gasteiger partial charge in [-0.15, -0.1) is 0 Å². The van der Waals surface area contributed by atoms with Crippen molar-refractivity contribution in [2.24, 2.45) is 50.2 Å². The highest BCUT2D eigenvalue weighted by molar-refractivity contribution is 5.36. The minimum absolute atomic E-state index is 0.0117. The van der Waals surface area contributed by atoms with Crippen molar-refractivity contribution in [3.8, 4) is 0 Å². The maximum Gasteiger partial charge on any atom is 0.187 e. The number of hydrogen-bond donors (Lipinski definition) is 12. The molecule has 0 amide bonds. The predicted molar refractivity (Wildman–Crippen MR) is 231 cm³/mol. The largest absolute Gasteiger partial charge is 0.396 e. The van der Waals surface area contributed by atoms with Crippen LogP contribution in [0.5, 0.6) is 0 Å². The molecule has 0 aromatic carbocycles. The highest BCUT2D eigenvalue weighted by Crippen LogP contribution is 2.79. The number of ether oxygens (including phenoxy) is 7. The fraction of sp³-hybridized carbons (Fsp3) is 0.958. The summed E-state index contributed by atoms with van der Waals surface area (Å²) in [5.74, 6) is -0.0714. The molecule has 2 bridgehead atoms. The van der Waals surface area contributed by atoms with Gasteiger partial charge in [0.25, 0.3) is 0 Å². The Hall–Kier alpha value is -1.02. The van der Waals surface area contributed by atoms with Gasteiger partial charge < -0.3 is 94.4 Å². The van der Waals surface area contributed by atoms with Crippen molar-refractivity contribution in [1.29, 1.82) is 0 Å². The van der Waals surface area contributed by atoms with E-state index in [-0.39, 0.29) is 52.6 Å². The van der Waals surface area contributed by atoms with Crippen molar-refractivity contribution in [2.45, 2.75) is 203 Å². The van der Waals surface area contributed by atoms with Gasteiger partial charge in [0, 0.05) is 28.8 Å². The molecular formula is C48H78O19.